The largest absolute Gasteiger partial charge is 0.477 e. The van der Waals surface area contributed by atoms with Crippen LogP contribution >= 0.6 is 0 Å². The van der Waals surface area contributed by atoms with Crippen molar-refractivity contribution in [2.45, 2.75) is 31.9 Å². The molecule has 130 valence electrons. The molecule has 2 atom stereocenters. The Morgan fingerprint density at radius 2 is 1.96 bits per heavy atom. The van der Waals surface area contributed by atoms with E-state index in [1.165, 1.54) is 23.9 Å². The van der Waals surface area contributed by atoms with Crippen LogP contribution < -0.4 is 5.32 Å². The van der Waals surface area contributed by atoms with E-state index in [0.717, 1.165) is 18.4 Å². The summed E-state index contributed by atoms with van der Waals surface area (Å²) in [5.41, 5.74) is 2.45. The Bertz CT molecular complexity index is 756. The van der Waals surface area contributed by atoms with Crippen molar-refractivity contribution in [1.82, 2.24) is 10.3 Å². The second kappa shape index (κ2) is 7.44. The smallest absolute Gasteiger partial charge is 0.354 e. The van der Waals surface area contributed by atoms with Crippen molar-refractivity contribution in [2.24, 2.45) is 0 Å². The molecule has 0 spiro atoms. The summed E-state index contributed by atoms with van der Waals surface area (Å²) in [6.07, 6.45) is 2.79. The number of carboxylic acid groups (broad SMARTS) is 1. The Balaban J connectivity index is 1.73. The highest BCUT2D eigenvalue weighted by molar-refractivity contribution is 5.95. The minimum atomic E-state index is -1.12. The van der Waals surface area contributed by atoms with Crippen LogP contribution in [0.5, 0.6) is 0 Å². The summed E-state index contributed by atoms with van der Waals surface area (Å²) >= 11 is 0. The molecule has 1 fully saturated rings. The maximum absolute atomic E-state index is 12.5. The summed E-state index contributed by atoms with van der Waals surface area (Å²) in [4.78, 5) is 27.1. The van der Waals surface area contributed by atoms with Gasteiger partial charge in [0.2, 0.25) is 0 Å². The monoisotopic (exact) mass is 340 g/mol. The molecule has 1 amide bonds. The topological polar surface area (TPSA) is 88.5 Å². The van der Waals surface area contributed by atoms with Crippen LogP contribution in [-0.2, 0) is 4.74 Å². The van der Waals surface area contributed by atoms with Crippen molar-refractivity contribution in [3.63, 3.8) is 0 Å². The van der Waals surface area contributed by atoms with Gasteiger partial charge in [0.1, 0.15) is 11.8 Å². The van der Waals surface area contributed by atoms with Crippen LogP contribution in [0.25, 0.3) is 0 Å². The number of carbonyl (C=O) groups is 2. The van der Waals surface area contributed by atoms with Crippen LogP contribution in [0.15, 0.2) is 42.6 Å². The summed E-state index contributed by atoms with van der Waals surface area (Å²) in [5, 5.41) is 11.9. The molecule has 3 rings (SSSR count). The minimum absolute atomic E-state index is 0.0879. The molecule has 0 aliphatic carbocycles. The van der Waals surface area contributed by atoms with Crippen LogP contribution in [0.3, 0.4) is 0 Å². The molecule has 1 aliphatic heterocycles. The number of ether oxygens (including phenoxy) is 1. The predicted octanol–water partition coefficient (Wildman–Crippen LogP) is 2.74. The average Bonchev–Trinajstić information content (AvgIpc) is 2.63. The Hall–Kier alpha value is -2.73. The van der Waals surface area contributed by atoms with E-state index in [0.29, 0.717) is 12.2 Å². The van der Waals surface area contributed by atoms with Crippen molar-refractivity contribution >= 4 is 11.9 Å². The molecular weight excluding hydrogens is 320 g/mol. The summed E-state index contributed by atoms with van der Waals surface area (Å²) in [5.74, 6) is -1.40. The fraction of sp³-hybridized carbons (Fsp3) is 0.316. The van der Waals surface area contributed by atoms with Crippen molar-refractivity contribution in [2.75, 3.05) is 6.61 Å². The lowest BCUT2D eigenvalue weighted by Gasteiger charge is -2.32. The number of amides is 1. The third kappa shape index (κ3) is 4.03. The number of nitrogens with one attached hydrogen (secondary N) is 1. The van der Waals surface area contributed by atoms with Crippen molar-refractivity contribution < 1.29 is 19.4 Å². The predicted molar refractivity (Wildman–Crippen MR) is 91.6 cm³/mol. The number of nitrogens with zero attached hydrogens (tertiary/aromatic N) is 1. The van der Waals surface area contributed by atoms with Gasteiger partial charge >= 0.3 is 5.97 Å². The SMILES string of the molecule is Cc1ccc([C@H]2OCCC[C@@H]2NC(=O)c2ccc(C(=O)O)nc2)cc1. The normalized spacial score (nSPS) is 20.0. The third-order valence-corrected chi connectivity index (χ3v) is 4.29. The zero-order valence-electron chi connectivity index (χ0n) is 13.9. The number of rotatable bonds is 4. The first-order valence-corrected chi connectivity index (χ1v) is 8.23. The quantitative estimate of drug-likeness (QED) is 0.893. The highest BCUT2D eigenvalue weighted by Gasteiger charge is 2.29. The molecule has 25 heavy (non-hydrogen) atoms. The Kier molecular flexibility index (Phi) is 5.09. The van der Waals surface area contributed by atoms with Gasteiger partial charge in [-0.25, -0.2) is 9.78 Å². The lowest BCUT2D eigenvalue weighted by Crippen LogP contribution is -2.42. The van der Waals surface area contributed by atoms with E-state index in [4.69, 9.17) is 9.84 Å². The van der Waals surface area contributed by atoms with Crippen molar-refractivity contribution in [3.8, 4) is 0 Å². The van der Waals surface area contributed by atoms with Gasteiger partial charge in [-0.3, -0.25) is 4.79 Å². The van der Waals surface area contributed by atoms with Crippen LogP contribution in [0.4, 0.5) is 0 Å². The fourth-order valence-corrected chi connectivity index (χ4v) is 2.92. The molecule has 1 saturated heterocycles. The van der Waals surface area contributed by atoms with Crippen LogP contribution in [0.1, 0.15) is 50.9 Å². The molecule has 0 saturated carbocycles. The van der Waals surface area contributed by atoms with Gasteiger partial charge in [0.15, 0.2) is 0 Å². The van der Waals surface area contributed by atoms with Gasteiger partial charge in [0.05, 0.1) is 11.6 Å². The van der Waals surface area contributed by atoms with Crippen LogP contribution in [0.2, 0.25) is 0 Å². The number of pyridine rings is 1. The summed E-state index contributed by atoms with van der Waals surface area (Å²) in [7, 11) is 0. The summed E-state index contributed by atoms with van der Waals surface area (Å²) in [6.45, 7) is 2.69. The van der Waals surface area contributed by atoms with E-state index in [9.17, 15) is 9.59 Å². The lowest BCUT2D eigenvalue weighted by molar-refractivity contribution is -0.00946. The molecule has 0 radical (unpaired) electrons. The summed E-state index contributed by atoms with van der Waals surface area (Å²) in [6, 6.07) is 10.8. The first kappa shape index (κ1) is 17.1. The Morgan fingerprint density at radius 1 is 1.20 bits per heavy atom. The molecule has 0 bridgehead atoms. The van der Waals surface area contributed by atoms with E-state index in [1.54, 1.807) is 0 Å². The van der Waals surface area contributed by atoms with Gasteiger partial charge in [-0.2, -0.15) is 0 Å². The van der Waals surface area contributed by atoms with Crippen molar-refractivity contribution in [3.05, 3.63) is 65.0 Å². The molecule has 1 aliphatic rings. The molecule has 0 unspecified atom stereocenters. The molecule has 2 aromatic rings. The Morgan fingerprint density at radius 3 is 2.60 bits per heavy atom. The number of benzene rings is 1. The highest BCUT2D eigenvalue weighted by Crippen LogP contribution is 2.28. The van der Waals surface area contributed by atoms with E-state index in [1.807, 2.05) is 31.2 Å². The Labute approximate surface area is 145 Å². The van der Waals surface area contributed by atoms with Gasteiger partial charge in [-0.1, -0.05) is 29.8 Å². The maximum atomic E-state index is 12.5. The maximum Gasteiger partial charge on any atom is 0.354 e. The van der Waals surface area contributed by atoms with Gasteiger partial charge < -0.3 is 15.2 Å². The number of carboxylic acids is 1. The van der Waals surface area contributed by atoms with Crippen molar-refractivity contribution in [1.29, 1.82) is 0 Å². The van der Waals surface area contributed by atoms with E-state index >= 15 is 0 Å². The third-order valence-electron chi connectivity index (χ3n) is 4.29. The van der Waals surface area contributed by atoms with Gasteiger partial charge in [-0.05, 0) is 37.5 Å². The lowest BCUT2D eigenvalue weighted by atomic mass is 9.95. The molecule has 6 nitrogen and oxygen atoms in total. The standard InChI is InChI=1S/C19H20N2O4/c1-12-4-6-13(7-5-12)17-15(3-2-10-25-17)21-18(22)14-8-9-16(19(23)24)20-11-14/h4-9,11,15,17H,2-3,10H2,1H3,(H,21,22)(H,23,24)/t15-,17+/m0/s1. The highest BCUT2D eigenvalue weighted by atomic mass is 16.5. The minimum Gasteiger partial charge on any atom is -0.477 e. The number of hydrogen-bond donors (Lipinski definition) is 2. The molecule has 2 N–H and O–H groups in total. The number of hydrogen-bond acceptors (Lipinski definition) is 4. The van der Waals surface area contributed by atoms with E-state index in [2.05, 4.69) is 10.3 Å². The zero-order chi connectivity index (χ0) is 17.8. The second-order valence-corrected chi connectivity index (χ2v) is 6.16. The van der Waals surface area contributed by atoms with E-state index < -0.39 is 5.97 Å². The first-order valence-electron chi connectivity index (χ1n) is 8.23. The number of aryl methyl sites for hydroxylation is 1. The number of aromatic carboxylic acids is 1. The summed E-state index contributed by atoms with van der Waals surface area (Å²) < 4.78 is 5.90. The molecular formula is C19H20N2O4. The van der Waals surface area contributed by atoms with Gasteiger partial charge in [0, 0.05) is 12.8 Å². The molecule has 1 aromatic carbocycles. The van der Waals surface area contributed by atoms with Crippen LogP contribution in [0, 0.1) is 6.92 Å². The molecule has 1 aromatic heterocycles. The van der Waals surface area contributed by atoms with E-state index in [-0.39, 0.29) is 23.7 Å². The average molecular weight is 340 g/mol. The van der Waals surface area contributed by atoms with Gasteiger partial charge in [0.25, 0.3) is 5.91 Å². The molecule has 6 heteroatoms. The zero-order valence-corrected chi connectivity index (χ0v) is 13.9. The molecule has 2 heterocycles. The fourth-order valence-electron chi connectivity index (χ4n) is 2.92. The number of carbonyl (C=O) groups excluding carboxylic acids is 1. The number of aromatic nitrogens is 1. The van der Waals surface area contributed by atoms with Gasteiger partial charge in [-0.15, -0.1) is 0 Å². The van der Waals surface area contributed by atoms with Crippen LogP contribution in [-0.4, -0.2) is 34.6 Å². The second-order valence-electron chi connectivity index (χ2n) is 6.16. The first-order chi connectivity index (χ1) is 12.0.